The number of anilines is 1. The van der Waals surface area contributed by atoms with E-state index >= 15 is 0 Å². The first-order valence-corrected chi connectivity index (χ1v) is 13.5. The van der Waals surface area contributed by atoms with Crippen molar-refractivity contribution >= 4 is 29.0 Å². The smallest absolute Gasteiger partial charge is 0.253 e. The molecule has 0 saturated carbocycles. The number of Topliss-reactive ketones (excluding diaryl/α,β-unsaturated/α-hetero) is 1. The highest BCUT2D eigenvalue weighted by molar-refractivity contribution is 6.30. The van der Waals surface area contributed by atoms with Gasteiger partial charge in [0.15, 0.2) is 5.78 Å². The number of carbonyl (C=O) groups is 2. The summed E-state index contributed by atoms with van der Waals surface area (Å²) in [5.74, 6) is 0.157. The molecular formula is C32H29ClN2O4. The zero-order chi connectivity index (χ0) is 27.1. The van der Waals surface area contributed by atoms with E-state index in [0.29, 0.717) is 41.8 Å². The Morgan fingerprint density at radius 3 is 2.56 bits per heavy atom. The zero-order valence-electron chi connectivity index (χ0n) is 21.8. The average molecular weight is 541 g/mol. The van der Waals surface area contributed by atoms with Crippen LogP contribution in [0, 0.1) is 5.92 Å². The number of para-hydroxylation sites is 1. The minimum absolute atomic E-state index is 0.100. The molecule has 0 aliphatic carbocycles. The highest BCUT2D eigenvalue weighted by Gasteiger charge is 2.66. The number of furan rings is 1. The molecule has 6 rings (SSSR count). The highest BCUT2D eigenvalue weighted by atomic mass is 35.5. The number of hydrogen-bond donors (Lipinski definition) is 0. The van der Waals surface area contributed by atoms with E-state index in [9.17, 15) is 9.59 Å². The fourth-order valence-electron chi connectivity index (χ4n) is 6.37. The number of amides is 1. The molecule has 4 aromatic rings. The summed E-state index contributed by atoms with van der Waals surface area (Å²) in [7, 11) is 1.93. The molecule has 7 heteroatoms. The van der Waals surface area contributed by atoms with Crippen LogP contribution in [0.15, 0.2) is 95.6 Å². The Balaban J connectivity index is 1.49. The summed E-state index contributed by atoms with van der Waals surface area (Å²) in [6.07, 6.45) is 1.62. The van der Waals surface area contributed by atoms with Crippen LogP contribution in [0.25, 0.3) is 0 Å². The van der Waals surface area contributed by atoms with Crippen LogP contribution in [0.4, 0.5) is 5.69 Å². The number of ether oxygens (including phenoxy) is 1. The monoisotopic (exact) mass is 540 g/mol. The maximum Gasteiger partial charge on any atom is 0.253 e. The minimum atomic E-state index is -1.19. The van der Waals surface area contributed by atoms with Gasteiger partial charge in [0.05, 0.1) is 25.3 Å². The quantitative estimate of drug-likeness (QED) is 0.257. The van der Waals surface area contributed by atoms with Crippen LogP contribution in [0.2, 0.25) is 5.02 Å². The molecule has 1 spiro atoms. The van der Waals surface area contributed by atoms with Crippen LogP contribution in [0.5, 0.6) is 5.75 Å². The van der Waals surface area contributed by atoms with Crippen molar-refractivity contribution in [3.05, 3.63) is 119 Å². The van der Waals surface area contributed by atoms with Crippen molar-refractivity contribution in [3.8, 4) is 5.75 Å². The van der Waals surface area contributed by atoms with Gasteiger partial charge in [0, 0.05) is 34.3 Å². The number of halogens is 1. The van der Waals surface area contributed by atoms with Gasteiger partial charge < -0.3 is 14.1 Å². The van der Waals surface area contributed by atoms with E-state index in [-0.39, 0.29) is 17.6 Å². The van der Waals surface area contributed by atoms with Crippen LogP contribution >= 0.6 is 11.6 Å². The van der Waals surface area contributed by atoms with Gasteiger partial charge in [-0.1, -0.05) is 41.9 Å². The third kappa shape index (κ3) is 4.06. The number of likely N-dealkylation sites (N-methyl/N-ethyl adjacent to an activating group) is 1. The number of likely N-dealkylation sites (tertiary alicyclic amines) is 1. The van der Waals surface area contributed by atoms with E-state index in [1.54, 1.807) is 35.4 Å². The molecule has 3 aromatic carbocycles. The Labute approximate surface area is 232 Å². The number of benzene rings is 3. The largest absolute Gasteiger partial charge is 0.494 e. The number of rotatable bonds is 7. The fraction of sp³-hybridized carbons (Fsp3) is 0.250. The first-order valence-electron chi connectivity index (χ1n) is 13.1. The number of fused-ring (bicyclic) bond motifs is 2. The second-order valence-electron chi connectivity index (χ2n) is 10.1. The normalized spacial score (nSPS) is 22.4. The van der Waals surface area contributed by atoms with Gasteiger partial charge in [0.25, 0.3) is 5.91 Å². The summed E-state index contributed by atoms with van der Waals surface area (Å²) < 4.78 is 11.5. The predicted octanol–water partition coefficient (Wildman–Crippen LogP) is 6.30. The van der Waals surface area contributed by atoms with Gasteiger partial charge in [0.2, 0.25) is 0 Å². The van der Waals surface area contributed by atoms with Crippen molar-refractivity contribution in [2.24, 2.45) is 5.92 Å². The Morgan fingerprint density at radius 1 is 1.05 bits per heavy atom. The molecule has 1 saturated heterocycles. The average Bonchev–Trinajstić information content (AvgIpc) is 3.64. The number of ketones is 1. The van der Waals surface area contributed by atoms with Crippen LogP contribution in [0.1, 0.15) is 40.1 Å². The molecule has 39 heavy (non-hydrogen) atoms. The fourth-order valence-corrected chi connectivity index (χ4v) is 6.58. The molecule has 3 heterocycles. The summed E-state index contributed by atoms with van der Waals surface area (Å²) in [6.45, 7) is 3.30. The molecule has 1 fully saturated rings. The molecule has 2 aliphatic heterocycles. The van der Waals surface area contributed by atoms with Gasteiger partial charge in [0.1, 0.15) is 17.0 Å². The van der Waals surface area contributed by atoms with Crippen molar-refractivity contribution in [1.82, 2.24) is 4.90 Å². The third-order valence-electron chi connectivity index (χ3n) is 7.97. The van der Waals surface area contributed by atoms with Crippen molar-refractivity contribution in [2.45, 2.75) is 24.9 Å². The number of carbonyl (C=O) groups excluding carboxylic acids is 2. The summed E-state index contributed by atoms with van der Waals surface area (Å²) in [5, 5.41) is 0.613. The number of hydrogen-bond acceptors (Lipinski definition) is 5. The van der Waals surface area contributed by atoms with Crippen LogP contribution < -0.4 is 9.64 Å². The van der Waals surface area contributed by atoms with E-state index in [1.165, 1.54) is 0 Å². The lowest BCUT2D eigenvalue weighted by Gasteiger charge is -2.36. The zero-order valence-corrected chi connectivity index (χ0v) is 22.6. The summed E-state index contributed by atoms with van der Waals surface area (Å²) in [5.41, 5.74) is 1.90. The first-order chi connectivity index (χ1) is 18.9. The van der Waals surface area contributed by atoms with Gasteiger partial charge in [-0.05, 0) is 74.1 Å². The molecule has 0 unspecified atom stereocenters. The van der Waals surface area contributed by atoms with E-state index in [2.05, 4.69) is 0 Å². The second-order valence-corrected chi connectivity index (χ2v) is 10.5. The maximum absolute atomic E-state index is 14.7. The van der Waals surface area contributed by atoms with Crippen LogP contribution in [0.3, 0.4) is 0 Å². The van der Waals surface area contributed by atoms with Gasteiger partial charge in [-0.2, -0.15) is 0 Å². The first kappa shape index (κ1) is 25.4. The molecule has 3 atom stereocenters. The second kappa shape index (κ2) is 10.0. The summed E-state index contributed by atoms with van der Waals surface area (Å²) in [6, 6.07) is 26.2. The lowest BCUT2D eigenvalue weighted by atomic mass is 9.71. The van der Waals surface area contributed by atoms with Gasteiger partial charge in [-0.15, -0.1) is 0 Å². The minimum Gasteiger partial charge on any atom is -0.494 e. The molecule has 0 N–H and O–H groups in total. The Kier molecular flexibility index (Phi) is 6.53. The van der Waals surface area contributed by atoms with E-state index < -0.39 is 11.5 Å². The SMILES string of the molecule is CCOc1ccc(C(=O)[C@@H]2[C@@H](c3ccco3)CN(C)[C@@]23C(=O)N(Cc2cccc(Cl)c2)c2ccccc23)cc1. The maximum atomic E-state index is 14.7. The molecule has 2 aliphatic rings. The molecule has 6 nitrogen and oxygen atoms in total. The third-order valence-corrected chi connectivity index (χ3v) is 8.21. The van der Waals surface area contributed by atoms with Gasteiger partial charge in [-0.25, -0.2) is 0 Å². The highest BCUT2D eigenvalue weighted by Crippen LogP contribution is 2.57. The van der Waals surface area contributed by atoms with Crippen molar-refractivity contribution in [1.29, 1.82) is 0 Å². The van der Waals surface area contributed by atoms with E-state index in [4.69, 9.17) is 20.8 Å². The van der Waals surface area contributed by atoms with Crippen LogP contribution in [-0.4, -0.2) is 36.8 Å². The summed E-state index contributed by atoms with van der Waals surface area (Å²) >= 11 is 6.27. The standard InChI is InChI=1S/C32H29ClN2O4/c1-3-38-24-15-13-22(14-16-24)30(36)29-25(28-12-7-17-39-28)20-34(2)32(29)26-10-4-5-11-27(26)35(31(32)37)19-21-8-6-9-23(33)18-21/h4-18,25,29H,3,19-20H2,1-2H3/t25-,29+,32-/m1/s1. The van der Waals surface area contributed by atoms with Crippen molar-refractivity contribution < 1.29 is 18.7 Å². The molecule has 0 bridgehead atoms. The van der Waals surface area contributed by atoms with Crippen LogP contribution in [-0.2, 0) is 16.9 Å². The van der Waals surface area contributed by atoms with Crippen molar-refractivity contribution in [2.75, 3.05) is 25.1 Å². The molecule has 1 amide bonds. The van der Waals surface area contributed by atoms with Gasteiger partial charge >= 0.3 is 0 Å². The summed E-state index contributed by atoms with van der Waals surface area (Å²) in [4.78, 5) is 33.1. The molecule has 198 valence electrons. The topological polar surface area (TPSA) is 63.0 Å². The number of nitrogens with zero attached hydrogens (tertiary/aromatic N) is 2. The Hall–Kier alpha value is -3.87. The molecule has 1 aromatic heterocycles. The molecule has 0 radical (unpaired) electrons. The predicted molar refractivity (Wildman–Crippen MR) is 150 cm³/mol. The van der Waals surface area contributed by atoms with E-state index in [1.807, 2.05) is 79.5 Å². The van der Waals surface area contributed by atoms with Gasteiger partial charge in [-0.3, -0.25) is 14.5 Å². The lowest BCUT2D eigenvalue weighted by molar-refractivity contribution is -0.129. The lowest BCUT2D eigenvalue weighted by Crippen LogP contribution is -2.53. The van der Waals surface area contributed by atoms with E-state index in [0.717, 1.165) is 16.8 Å². The molecular weight excluding hydrogens is 512 g/mol. The van der Waals surface area contributed by atoms with Crippen molar-refractivity contribution in [3.63, 3.8) is 0 Å². The Morgan fingerprint density at radius 2 is 1.85 bits per heavy atom. The Bertz CT molecular complexity index is 1520.